The predicted octanol–water partition coefficient (Wildman–Crippen LogP) is 1.40. The lowest BCUT2D eigenvalue weighted by Gasteiger charge is -2.20. The first kappa shape index (κ1) is 18.9. The second kappa shape index (κ2) is 7.19. The number of halogens is 4. The van der Waals surface area contributed by atoms with Crippen molar-refractivity contribution >= 4 is 16.0 Å². The number of carbonyl (C=O) groups excluding carboxylic acids is 1. The van der Waals surface area contributed by atoms with Gasteiger partial charge in [0.25, 0.3) is 0 Å². The van der Waals surface area contributed by atoms with Crippen molar-refractivity contribution < 1.29 is 35.9 Å². The highest BCUT2D eigenvalue weighted by Gasteiger charge is 2.27. The van der Waals surface area contributed by atoms with Crippen molar-refractivity contribution in [2.45, 2.75) is 17.4 Å². The van der Waals surface area contributed by atoms with E-state index in [4.69, 9.17) is 0 Å². The van der Waals surface area contributed by atoms with Gasteiger partial charge in [0.2, 0.25) is 10.0 Å². The van der Waals surface area contributed by atoms with Crippen LogP contribution in [0.3, 0.4) is 0 Å². The van der Waals surface area contributed by atoms with Crippen LogP contribution in [0.4, 0.5) is 17.6 Å². The zero-order valence-corrected chi connectivity index (χ0v) is 13.1. The molecule has 0 aliphatic heterocycles. The first-order valence-corrected chi connectivity index (χ1v) is 8.21. The lowest BCUT2D eigenvalue weighted by atomic mass is 10.1. The lowest BCUT2D eigenvalue weighted by molar-refractivity contribution is -0.306. The maximum atomic E-state index is 13.7. The number of hydrogen-bond acceptors (Lipinski definition) is 4. The van der Waals surface area contributed by atoms with Gasteiger partial charge in [-0.2, -0.15) is 0 Å². The summed E-state index contributed by atoms with van der Waals surface area (Å²) in [5, 5.41) is 10.8. The van der Waals surface area contributed by atoms with Crippen molar-refractivity contribution in [3.8, 4) is 0 Å². The molecule has 2 aromatic rings. The molecule has 0 aliphatic rings. The molecule has 0 heterocycles. The number of sulfonamides is 1. The molecule has 1 atom stereocenters. The van der Waals surface area contributed by atoms with Gasteiger partial charge in [-0.3, -0.25) is 0 Å². The number of carboxylic acid groups (broad SMARTS) is 1. The number of aliphatic carboxylic acids is 1. The summed E-state index contributed by atoms with van der Waals surface area (Å²) in [6.07, 6.45) is -0.851. The fraction of sp³-hybridized carbons (Fsp3) is 0.133. The third-order valence-electron chi connectivity index (χ3n) is 3.23. The van der Waals surface area contributed by atoms with Gasteiger partial charge in [0.1, 0.15) is 10.7 Å². The van der Waals surface area contributed by atoms with Crippen molar-refractivity contribution in [2.75, 3.05) is 0 Å². The summed E-state index contributed by atoms with van der Waals surface area (Å²) in [7, 11) is -4.75. The zero-order valence-electron chi connectivity index (χ0n) is 12.3. The highest BCUT2D eigenvalue weighted by molar-refractivity contribution is 7.89. The molecule has 5 nitrogen and oxygen atoms in total. The minimum Gasteiger partial charge on any atom is -0.550 e. The van der Waals surface area contributed by atoms with Gasteiger partial charge in [-0.1, -0.05) is 12.1 Å². The van der Waals surface area contributed by atoms with Crippen LogP contribution in [0.15, 0.2) is 41.3 Å². The Morgan fingerprint density at radius 1 is 1.00 bits per heavy atom. The quantitative estimate of drug-likeness (QED) is 0.610. The van der Waals surface area contributed by atoms with Gasteiger partial charge in [0.15, 0.2) is 17.5 Å². The molecule has 0 aromatic heterocycles. The smallest absolute Gasteiger partial charge is 0.244 e. The van der Waals surface area contributed by atoms with E-state index in [2.05, 4.69) is 0 Å². The van der Waals surface area contributed by atoms with Gasteiger partial charge < -0.3 is 9.90 Å². The molecule has 0 saturated heterocycles. The van der Waals surface area contributed by atoms with E-state index in [0.29, 0.717) is 12.1 Å². The Kier molecular flexibility index (Phi) is 5.43. The van der Waals surface area contributed by atoms with Gasteiger partial charge in [0, 0.05) is 12.4 Å². The zero-order chi connectivity index (χ0) is 18.8. The minimum absolute atomic E-state index is 0.0529. The van der Waals surface area contributed by atoms with E-state index in [1.165, 1.54) is 0 Å². The van der Waals surface area contributed by atoms with Crippen molar-refractivity contribution in [3.05, 3.63) is 65.2 Å². The van der Waals surface area contributed by atoms with Gasteiger partial charge in [0.05, 0.1) is 6.04 Å². The molecule has 0 amide bonds. The average Bonchev–Trinajstić information content (AvgIpc) is 2.51. The molecule has 0 radical (unpaired) electrons. The van der Waals surface area contributed by atoms with E-state index in [-0.39, 0.29) is 5.56 Å². The molecule has 0 fully saturated rings. The summed E-state index contributed by atoms with van der Waals surface area (Å²) >= 11 is 0. The maximum absolute atomic E-state index is 13.7. The van der Waals surface area contributed by atoms with E-state index in [1.54, 1.807) is 0 Å². The van der Waals surface area contributed by atoms with Crippen LogP contribution in [0.5, 0.6) is 0 Å². The molecule has 1 N–H and O–H groups in total. The number of carbonyl (C=O) groups is 1. The molecule has 2 aromatic carbocycles. The number of hydrogen-bond donors (Lipinski definition) is 1. The molecule has 0 spiro atoms. The summed E-state index contributed by atoms with van der Waals surface area (Å²) in [5.74, 6) is -7.80. The highest BCUT2D eigenvalue weighted by Crippen LogP contribution is 2.24. The van der Waals surface area contributed by atoms with Crippen molar-refractivity contribution in [2.24, 2.45) is 0 Å². The van der Waals surface area contributed by atoms with Crippen LogP contribution in [-0.2, 0) is 14.8 Å². The summed E-state index contributed by atoms with van der Waals surface area (Å²) in [4.78, 5) is 9.64. The summed E-state index contributed by atoms with van der Waals surface area (Å²) < 4.78 is 79.2. The van der Waals surface area contributed by atoms with E-state index >= 15 is 0 Å². The van der Waals surface area contributed by atoms with Gasteiger partial charge >= 0.3 is 0 Å². The molecule has 0 aliphatic carbocycles. The molecule has 0 bridgehead atoms. The van der Waals surface area contributed by atoms with Crippen LogP contribution in [0.2, 0.25) is 0 Å². The van der Waals surface area contributed by atoms with E-state index in [9.17, 15) is 35.9 Å². The van der Waals surface area contributed by atoms with Crippen molar-refractivity contribution in [3.63, 3.8) is 0 Å². The third kappa shape index (κ3) is 4.34. The van der Waals surface area contributed by atoms with E-state index in [0.717, 1.165) is 24.3 Å². The van der Waals surface area contributed by atoms with Crippen LogP contribution in [0, 0.1) is 23.3 Å². The lowest BCUT2D eigenvalue weighted by Crippen LogP contribution is -2.34. The first-order valence-electron chi connectivity index (χ1n) is 6.73. The molecule has 2 rings (SSSR count). The number of rotatable bonds is 6. The third-order valence-corrected chi connectivity index (χ3v) is 4.72. The number of carboxylic acids is 1. The second-order valence-electron chi connectivity index (χ2n) is 4.98. The van der Waals surface area contributed by atoms with Crippen LogP contribution in [0.1, 0.15) is 18.0 Å². The molecular weight excluding hydrogens is 366 g/mol. The van der Waals surface area contributed by atoms with Crippen LogP contribution >= 0.6 is 0 Å². The Bertz CT molecular complexity index is 900. The molecule has 0 unspecified atom stereocenters. The minimum atomic E-state index is -4.75. The SMILES string of the molecule is O=C([O-])C[C@@H](NS(=O)(=O)c1ccc(F)c(F)c1F)c1ccc(F)cc1. The van der Waals surface area contributed by atoms with Crippen molar-refractivity contribution in [1.82, 2.24) is 4.72 Å². The predicted molar refractivity (Wildman–Crippen MR) is 75.4 cm³/mol. The van der Waals surface area contributed by atoms with Crippen LogP contribution in [-0.4, -0.2) is 14.4 Å². The van der Waals surface area contributed by atoms with E-state index in [1.807, 2.05) is 4.72 Å². The summed E-state index contributed by atoms with van der Waals surface area (Å²) in [6, 6.07) is 3.63. The molecule has 134 valence electrons. The summed E-state index contributed by atoms with van der Waals surface area (Å²) in [6.45, 7) is 0. The fourth-order valence-corrected chi connectivity index (χ4v) is 3.35. The fourth-order valence-electron chi connectivity index (χ4n) is 2.06. The van der Waals surface area contributed by atoms with E-state index < -0.39 is 56.6 Å². The Morgan fingerprint density at radius 2 is 1.60 bits per heavy atom. The monoisotopic (exact) mass is 376 g/mol. The average molecular weight is 376 g/mol. The summed E-state index contributed by atoms with van der Waals surface area (Å²) in [5.41, 5.74) is 0.0529. The first-order chi connectivity index (χ1) is 11.6. The Hall–Kier alpha value is -2.46. The highest BCUT2D eigenvalue weighted by atomic mass is 32.2. The largest absolute Gasteiger partial charge is 0.550 e. The van der Waals surface area contributed by atoms with Crippen LogP contribution in [0.25, 0.3) is 0 Å². The maximum Gasteiger partial charge on any atom is 0.244 e. The topological polar surface area (TPSA) is 86.3 Å². The molecule has 25 heavy (non-hydrogen) atoms. The number of benzene rings is 2. The number of nitrogens with one attached hydrogen (secondary N) is 1. The standard InChI is InChI=1S/C15H11F4NO4S/c16-9-3-1-8(2-4-9)11(7-13(21)22)20-25(23,24)12-6-5-10(17)14(18)15(12)19/h1-6,11,20H,7H2,(H,21,22)/p-1/t11-/m1/s1. The Labute approximate surface area is 140 Å². The molecule has 0 saturated carbocycles. The van der Waals surface area contributed by atoms with Gasteiger partial charge in [-0.25, -0.2) is 30.7 Å². The van der Waals surface area contributed by atoms with Gasteiger partial charge in [-0.15, -0.1) is 0 Å². The molecule has 10 heteroatoms. The Morgan fingerprint density at radius 3 is 2.16 bits per heavy atom. The normalized spacial score (nSPS) is 12.8. The molecular formula is C15H10F4NO4S-. The van der Waals surface area contributed by atoms with Crippen LogP contribution < -0.4 is 9.83 Å². The second-order valence-corrected chi connectivity index (χ2v) is 6.66. The Balaban J connectivity index is 2.42. The van der Waals surface area contributed by atoms with Crippen molar-refractivity contribution in [1.29, 1.82) is 0 Å². The van der Waals surface area contributed by atoms with Gasteiger partial charge in [-0.05, 0) is 29.8 Å².